The summed E-state index contributed by atoms with van der Waals surface area (Å²) in [6.07, 6.45) is 0.623. The largest absolute Gasteiger partial charge is 0.490 e. The zero-order chi connectivity index (χ0) is 21.4. The van der Waals surface area contributed by atoms with Crippen LogP contribution in [0.25, 0.3) is 0 Å². The number of carboxylic acid groups (broad SMARTS) is 1. The predicted octanol–water partition coefficient (Wildman–Crippen LogP) is 3.36. The Morgan fingerprint density at radius 2 is 1.62 bits per heavy atom. The van der Waals surface area contributed by atoms with E-state index >= 15 is 0 Å². The number of alkyl halides is 3. The van der Waals surface area contributed by atoms with Crippen LogP contribution in [0.2, 0.25) is 0 Å². The van der Waals surface area contributed by atoms with Gasteiger partial charge in [-0.2, -0.15) is 13.2 Å². The van der Waals surface area contributed by atoms with Crippen molar-refractivity contribution in [3.63, 3.8) is 0 Å². The number of aliphatic carboxylic acids is 1. The second kappa shape index (κ2) is 7.63. The van der Waals surface area contributed by atoms with Crippen molar-refractivity contribution in [3.8, 4) is 0 Å². The van der Waals surface area contributed by atoms with Gasteiger partial charge in [0.05, 0.1) is 5.41 Å². The molecule has 160 valence electrons. The monoisotopic (exact) mass is 412 g/mol. The highest BCUT2D eigenvalue weighted by Crippen LogP contribution is 2.50. The number of halogens is 3. The Bertz CT molecular complexity index is 774. The van der Waals surface area contributed by atoms with Crippen molar-refractivity contribution in [2.75, 3.05) is 26.7 Å². The lowest BCUT2D eigenvalue weighted by Crippen LogP contribution is -2.66. The van der Waals surface area contributed by atoms with Crippen molar-refractivity contribution >= 4 is 11.9 Å². The van der Waals surface area contributed by atoms with Crippen LogP contribution in [0.1, 0.15) is 43.2 Å². The van der Waals surface area contributed by atoms with Gasteiger partial charge in [-0.1, -0.05) is 29.8 Å². The molecule has 1 spiro atoms. The smallest absolute Gasteiger partial charge is 0.475 e. The average molecular weight is 412 g/mol. The third kappa shape index (κ3) is 4.27. The maximum Gasteiger partial charge on any atom is 0.490 e. The summed E-state index contributed by atoms with van der Waals surface area (Å²) in [5, 5.41) is 7.12. The van der Waals surface area contributed by atoms with E-state index < -0.39 is 12.1 Å². The molecule has 1 atom stereocenters. The van der Waals surface area contributed by atoms with E-state index in [0.29, 0.717) is 5.91 Å². The first-order valence-electron chi connectivity index (χ1n) is 9.88. The molecule has 1 N–H and O–H groups in total. The number of likely N-dealkylation sites (N-methyl/N-ethyl adjacent to an activating group) is 1. The number of nitrogens with zero attached hydrogens (tertiary/aromatic N) is 2. The van der Waals surface area contributed by atoms with Crippen molar-refractivity contribution < 1.29 is 27.9 Å². The number of likely N-dealkylation sites (tertiary alicyclic amines) is 2. The summed E-state index contributed by atoms with van der Waals surface area (Å²) in [5.74, 6) is -2.37. The second-order valence-electron chi connectivity index (χ2n) is 8.48. The van der Waals surface area contributed by atoms with Gasteiger partial charge in [-0.3, -0.25) is 9.69 Å². The summed E-state index contributed by atoms with van der Waals surface area (Å²) in [6.45, 7) is 5.18. The molecule has 0 radical (unpaired) electrons. The van der Waals surface area contributed by atoms with Crippen LogP contribution >= 0.6 is 0 Å². The summed E-state index contributed by atoms with van der Waals surface area (Å²) < 4.78 is 31.7. The number of carbonyl (C=O) groups excluding carboxylic acids is 1. The van der Waals surface area contributed by atoms with Crippen molar-refractivity contribution in [3.05, 3.63) is 35.4 Å². The van der Waals surface area contributed by atoms with Gasteiger partial charge in [0.15, 0.2) is 0 Å². The van der Waals surface area contributed by atoms with Gasteiger partial charge >= 0.3 is 12.1 Å². The lowest BCUT2D eigenvalue weighted by atomic mass is 9.77. The van der Waals surface area contributed by atoms with Crippen molar-refractivity contribution in [2.45, 2.75) is 56.2 Å². The van der Waals surface area contributed by atoms with E-state index in [2.05, 4.69) is 48.0 Å². The number of piperidine rings is 1. The lowest BCUT2D eigenvalue weighted by Gasteiger charge is -2.56. The molecule has 5 nitrogen and oxygen atoms in total. The van der Waals surface area contributed by atoms with Crippen molar-refractivity contribution in [1.82, 2.24) is 9.80 Å². The van der Waals surface area contributed by atoms with Gasteiger partial charge in [0, 0.05) is 25.2 Å². The first-order valence-corrected chi connectivity index (χ1v) is 9.88. The Hall–Kier alpha value is -2.09. The molecule has 1 unspecified atom stereocenters. The number of carboxylic acids is 1. The highest BCUT2D eigenvalue weighted by atomic mass is 19.4. The quantitative estimate of drug-likeness (QED) is 0.809. The van der Waals surface area contributed by atoms with Crippen molar-refractivity contribution in [1.29, 1.82) is 0 Å². The number of hydrogen-bond donors (Lipinski definition) is 1. The molecule has 1 saturated carbocycles. The molecule has 4 rings (SSSR count). The summed E-state index contributed by atoms with van der Waals surface area (Å²) in [4.78, 5) is 26.7. The molecule has 29 heavy (non-hydrogen) atoms. The van der Waals surface area contributed by atoms with Crippen LogP contribution in [0.15, 0.2) is 24.3 Å². The number of benzene rings is 1. The molecule has 1 aliphatic carbocycles. The molecule has 0 aromatic heterocycles. The molecule has 2 saturated heterocycles. The van der Waals surface area contributed by atoms with Gasteiger partial charge in [-0.15, -0.1) is 0 Å². The number of amides is 1. The molecule has 2 heterocycles. The predicted molar refractivity (Wildman–Crippen MR) is 102 cm³/mol. The zero-order valence-corrected chi connectivity index (χ0v) is 16.8. The minimum absolute atomic E-state index is 0.200. The van der Waals surface area contributed by atoms with Crippen LogP contribution in [0.5, 0.6) is 0 Å². The first kappa shape index (κ1) is 21.6. The third-order valence-electron chi connectivity index (χ3n) is 6.57. The fourth-order valence-corrected chi connectivity index (χ4v) is 4.38. The Labute approximate surface area is 168 Å². The van der Waals surface area contributed by atoms with Crippen LogP contribution in [0.3, 0.4) is 0 Å². The Morgan fingerprint density at radius 1 is 1.03 bits per heavy atom. The molecule has 0 bridgehead atoms. The molecule has 8 heteroatoms. The van der Waals surface area contributed by atoms with Crippen LogP contribution < -0.4 is 0 Å². The number of rotatable bonds is 2. The maximum atomic E-state index is 13.2. The van der Waals surface area contributed by atoms with E-state index in [4.69, 9.17) is 9.90 Å². The molecule has 1 aromatic rings. The summed E-state index contributed by atoms with van der Waals surface area (Å²) in [6, 6.07) is 8.60. The highest BCUT2D eigenvalue weighted by Gasteiger charge is 2.55. The van der Waals surface area contributed by atoms with E-state index in [0.717, 1.165) is 32.4 Å². The summed E-state index contributed by atoms with van der Waals surface area (Å²) in [7, 11) is 2.21. The highest BCUT2D eigenvalue weighted by molar-refractivity contribution is 5.91. The lowest BCUT2D eigenvalue weighted by molar-refractivity contribution is -0.192. The van der Waals surface area contributed by atoms with E-state index in [9.17, 15) is 18.0 Å². The number of hydrogen-bond acceptors (Lipinski definition) is 3. The van der Waals surface area contributed by atoms with Crippen molar-refractivity contribution in [2.24, 2.45) is 0 Å². The Kier molecular flexibility index (Phi) is 5.69. The number of aryl methyl sites for hydroxylation is 1. The van der Waals surface area contributed by atoms with Gasteiger partial charge < -0.3 is 10.0 Å². The minimum atomic E-state index is -5.08. The molecule has 2 aliphatic heterocycles. The zero-order valence-electron chi connectivity index (χ0n) is 16.8. The fourth-order valence-electron chi connectivity index (χ4n) is 4.38. The van der Waals surface area contributed by atoms with Crippen LogP contribution in [0.4, 0.5) is 13.2 Å². The first-order chi connectivity index (χ1) is 13.5. The molecule has 3 fully saturated rings. The molecular formula is C21H27F3N2O3. The SMILES string of the molecule is Cc1ccc(C2(C(=O)N3CCCC4(CCN4C)C3)CC2)cc1.O=C(O)C(F)(F)F. The third-order valence-corrected chi connectivity index (χ3v) is 6.57. The Balaban J connectivity index is 0.000000298. The summed E-state index contributed by atoms with van der Waals surface area (Å²) in [5.41, 5.74) is 2.58. The molecule has 1 amide bonds. The van der Waals surface area contributed by atoms with E-state index in [1.165, 1.54) is 30.5 Å². The van der Waals surface area contributed by atoms with Gasteiger partial charge in [0.25, 0.3) is 0 Å². The van der Waals surface area contributed by atoms with E-state index in [1.807, 2.05) is 0 Å². The van der Waals surface area contributed by atoms with Crippen LogP contribution in [-0.4, -0.2) is 65.2 Å². The summed E-state index contributed by atoms with van der Waals surface area (Å²) >= 11 is 0. The molecule has 3 aliphatic rings. The normalized spacial score (nSPS) is 25.6. The second-order valence-corrected chi connectivity index (χ2v) is 8.48. The van der Waals surface area contributed by atoms with Gasteiger partial charge in [-0.05, 0) is 51.6 Å². The van der Waals surface area contributed by atoms with Gasteiger partial charge in [-0.25, -0.2) is 4.79 Å². The topological polar surface area (TPSA) is 60.9 Å². The van der Waals surface area contributed by atoms with E-state index in [1.54, 1.807) is 0 Å². The average Bonchev–Trinajstić information content (AvgIpc) is 3.48. The van der Waals surface area contributed by atoms with Gasteiger partial charge in [0.2, 0.25) is 5.91 Å². The standard InChI is InChI=1S/C19H26N2O.C2HF3O2/c1-15-4-6-16(7-5-15)19(9-10-19)17(22)21-12-3-8-18(14-21)11-13-20(18)2;3-2(4,5)1(6)7/h4-7H,3,8-14H2,1-2H3;(H,6,7). The number of carbonyl (C=O) groups is 2. The Morgan fingerprint density at radius 3 is 2.03 bits per heavy atom. The maximum absolute atomic E-state index is 13.2. The van der Waals surface area contributed by atoms with Crippen LogP contribution in [-0.2, 0) is 15.0 Å². The fraction of sp³-hybridized carbons (Fsp3) is 0.619. The van der Waals surface area contributed by atoms with E-state index in [-0.39, 0.29) is 11.0 Å². The van der Waals surface area contributed by atoms with Crippen LogP contribution in [0, 0.1) is 6.92 Å². The molecular weight excluding hydrogens is 385 g/mol. The van der Waals surface area contributed by atoms with Gasteiger partial charge in [0.1, 0.15) is 0 Å². The minimum Gasteiger partial charge on any atom is -0.475 e. The molecule has 1 aromatic carbocycles.